The van der Waals surface area contributed by atoms with Gasteiger partial charge in [0.05, 0.1) is 0 Å². The number of rotatable bonds is 7. The number of hydrogen-bond acceptors (Lipinski definition) is 5. The summed E-state index contributed by atoms with van der Waals surface area (Å²) in [6, 6.07) is 14.6. The summed E-state index contributed by atoms with van der Waals surface area (Å²) in [5.41, 5.74) is 8.03. The van der Waals surface area contributed by atoms with Crippen molar-refractivity contribution in [2.24, 2.45) is 0 Å². The van der Waals surface area contributed by atoms with Crippen LogP contribution >= 0.6 is 0 Å². The Hall–Kier alpha value is -3.76. The molecule has 0 saturated heterocycles. The van der Waals surface area contributed by atoms with Crippen LogP contribution in [0.25, 0.3) is 49.9 Å². The number of aromatic amines is 2. The molecule has 1 aromatic carbocycles. The van der Waals surface area contributed by atoms with Gasteiger partial charge in [0.25, 0.3) is 0 Å². The molecule has 0 atom stereocenters. The summed E-state index contributed by atoms with van der Waals surface area (Å²) in [6.07, 6.45) is 9.73. The first-order chi connectivity index (χ1) is 18.2. The SMILES string of the molecule is CN(C)CCOC1=CC(c2cc3c(-c4cc5c(-c6cccnc6)cccc5[nH]4)n[nH]c3cn2)=C[I-]C=C1. The number of benzene rings is 1. The van der Waals surface area contributed by atoms with Crippen molar-refractivity contribution in [3.05, 3.63) is 92.8 Å². The number of nitrogens with zero attached hydrogens (tertiary/aromatic N) is 4. The number of fused-ring (bicyclic) bond motifs is 2. The van der Waals surface area contributed by atoms with E-state index in [9.17, 15) is 0 Å². The van der Waals surface area contributed by atoms with Crippen molar-refractivity contribution in [3.8, 4) is 22.5 Å². The zero-order chi connectivity index (χ0) is 25.2. The van der Waals surface area contributed by atoms with Gasteiger partial charge in [0.15, 0.2) is 0 Å². The molecule has 6 rings (SSSR count). The predicted octanol–water partition coefficient (Wildman–Crippen LogP) is 2.59. The van der Waals surface area contributed by atoms with Crippen LogP contribution in [-0.4, -0.2) is 57.3 Å². The number of nitrogens with one attached hydrogen (secondary N) is 2. The van der Waals surface area contributed by atoms with Crippen molar-refractivity contribution in [1.29, 1.82) is 0 Å². The van der Waals surface area contributed by atoms with E-state index < -0.39 is 0 Å². The van der Waals surface area contributed by atoms with Gasteiger partial charge in [0.2, 0.25) is 0 Å². The number of halogens is 1. The molecule has 5 aromatic rings. The molecule has 0 spiro atoms. The third kappa shape index (κ3) is 4.94. The Kier molecular flexibility index (Phi) is 6.58. The van der Waals surface area contributed by atoms with Gasteiger partial charge < -0.3 is 0 Å². The molecule has 2 N–H and O–H groups in total. The van der Waals surface area contributed by atoms with Crippen molar-refractivity contribution in [2.75, 3.05) is 27.2 Å². The third-order valence-corrected chi connectivity index (χ3v) is 8.03. The van der Waals surface area contributed by atoms with Gasteiger partial charge in [-0.2, -0.15) is 0 Å². The van der Waals surface area contributed by atoms with Gasteiger partial charge in [-0.05, 0) is 6.07 Å². The molecule has 7 nitrogen and oxygen atoms in total. The van der Waals surface area contributed by atoms with Crippen molar-refractivity contribution in [3.63, 3.8) is 0 Å². The topological polar surface area (TPSA) is 82.7 Å². The normalized spacial score (nSPS) is 13.9. The summed E-state index contributed by atoms with van der Waals surface area (Å²) in [4.78, 5) is 14.7. The summed E-state index contributed by atoms with van der Waals surface area (Å²) in [6.45, 7) is 1.52. The van der Waals surface area contributed by atoms with Gasteiger partial charge in [-0.1, -0.05) is 0 Å². The molecule has 1 aliphatic rings. The molecule has 8 heteroatoms. The quantitative estimate of drug-likeness (QED) is 0.281. The molecule has 0 saturated carbocycles. The molecule has 0 radical (unpaired) electrons. The number of allylic oxidation sites excluding steroid dienone is 3. The summed E-state index contributed by atoms with van der Waals surface area (Å²) in [5.74, 6) is 0.873. The molecular weight excluding hydrogens is 575 g/mol. The van der Waals surface area contributed by atoms with Crippen LogP contribution in [0.4, 0.5) is 0 Å². The molecule has 37 heavy (non-hydrogen) atoms. The van der Waals surface area contributed by atoms with Crippen LogP contribution in [0.1, 0.15) is 5.69 Å². The molecule has 5 heterocycles. The molecule has 186 valence electrons. The maximum absolute atomic E-state index is 6.03. The fourth-order valence-electron chi connectivity index (χ4n) is 4.34. The number of ether oxygens (including phenoxy) is 1. The van der Waals surface area contributed by atoms with E-state index in [1.807, 2.05) is 32.6 Å². The summed E-state index contributed by atoms with van der Waals surface area (Å²) in [7, 11) is 4.10. The zero-order valence-electron chi connectivity index (χ0n) is 20.6. The molecule has 0 amide bonds. The molecule has 0 bridgehead atoms. The average molecular weight is 601 g/mol. The maximum atomic E-state index is 6.03. The molecule has 1 aliphatic heterocycles. The van der Waals surface area contributed by atoms with Gasteiger partial charge >= 0.3 is 209 Å². The van der Waals surface area contributed by atoms with E-state index in [4.69, 9.17) is 9.72 Å². The Morgan fingerprint density at radius 3 is 2.84 bits per heavy atom. The van der Waals surface area contributed by atoms with E-state index in [1.54, 1.807) is 6.20 Å². The summed E-state index contributed by atoms with van der Waals surface area (Å²) >= 11 is -0.220. The molecule has 4 aromatic heterocycles. The molecule has 0 fully saturated rings. The van der Waals surface area contributed by atoms with E-state index in [0.29, 0.717) is 6.61 Å². The van der Waals surface area contributed by atoms with E-state index in [0.717, 1.165) is 67.9 Å². The number of hydrogen-bond donors (Lipinski definition) is 2. The van der Waals surface area contributed by atoms with Gasteiger partial charge in [-0.25, -0.2) is 0 Å². The van der Waals surface area contributed by atoms with Crippen molar-refractivity contribution < 1.29 is 25.9 Å². The average Bonchev–Trinajstić information content (AvgIpc) is 3.46. The van der Waals surface area contributed by atoms with E-state index >= 15 is 0 Å². The Morgan fingerprint density at radius 1 is 1.03 bits per heavy atom. The van der Waals surface area contributed by atoms with Crippen LogP contribution in [0.2, 0.25) is 0 Å². The van der Waals surface area contributed by atoms with E-state index in [1.165, 1.54) is 0 Å². The van der Waals surface area contributed by atoms with Crippen LogP contribution in [-0.2, 0) is 4.74 Å². The van der Waals surface area contributed by atoms with E-state index in [2.05, 4.69) is 81.8 Å². The second kappa shape index (κ2) is 10.3. The first kappa shape index (κ1) is 23.6. The van der Waals surface area contributed by atoms with Crippen molar-refractivity contribution >= 4 is 27.4 Å². The molecular formula is C29H26IN6O-. The predicted molar refractivity (Wildman–Crippen MR) is 144 cm³/mol. The second-order valence-electron chi connectivity index (χ2n) is 9.06. The fourth-order valence-corrected chi connectivity index (χ4v) is 5.99. The Bertz CT molecular complexity index is 1660. The third-order valence-electron chi connectivity index (χ3n) is 6.22. The minimum absolute atomic E-state index is 0.220. The van der Waals surface area contributed by atoms with Crippen LogP contribution < -0.4 is 21.2 Å². The number of likely N-dealkylation sites (N-methyl/N-ethyl adjacent to an activating group) is 1. The number of pyridine rings is 2. The van der Waals surface area contributed by atoms with Gasteiger partial charge in [-0.15, -0.1) is 0 Å². The minimum atomic E-state index is -0.220. The summed E-state index contributed by atoms with van der Waals surface area (Å²) < 4.78 is 10.5. The van der Waals surface area contributed by atoms with Crippen molar-refractivity contribution in [1.82, 2.24) is 30.0 Å². The first-order valence-electron chi connectivity index (χ1n) is 12.0. The summed E-state index contributed by atoms with van der Waals surface area (Å²) in [5, 5.41) is 9.98. The number of H-pyrrole nitrogens is 2. The van der Waals surface area contributed by atoms with E-state index in [-0.39, 0.29) is 21.2 Å². The van der Waals surface area contributed by atoms with Crippen LogP contribution in [0.5, 0.6) is 0 Å². The van der Waals surface area contributed by atoms with Gasteiger partial charge in [0.1, 0.15) is 0 Å². The van der Waals surface area contributed by atoms with Crippen molar-refractivity contribution in [2.45, 2.75) is 0 Å². The molecule has 0 unspecified atom stereocenters. The Labute approximate surface area is 225 Å². The monoisotopic (exact) mass is 601 g/mol. The zero-order valence-corrected chi connectivity index (χ0v) is 22.7. The Balaban J connectivity index is 1.37. The number of aromatic nitrogens is 5. The van der Waals surface area contributed by atoms with Gasteiger partial charge in [0, 0.05) is 6.20 Å². The first-order valence-corrected chi connectivity index (χ1v) is 14.5. The molecule has 0 aliphatic carbocycles. The standard InChI is InChI=1S/C29H26IN6O/c1-36(2)11-12-37-21-8-9-30-16-20(13-21)26-15-24-28(18-32-26)34-35-29(24)27-14-23-22(6-3-7-25(23)33-27)19-5-4-10-31-17-19/h3-10,13-18,33H,11-12H2,1-2H3,(H,34,35)/q-1. The van der Waals surface area contributed by atoms with Crippen LogP contribution in [0.3, 0.4) is 0 Å². The van der Waals surface area contributed by atoms with Gasteiger partial charge in [-0.3, -0.25) is 4.98 Å². The Morgan fingerprint density at radius 2 is 1.97 bits per heavy atom. The van der Waals surface area contributed by atoms with Crippen LogP contribution in [0, 0.1) is 0 Å². The van der Waals surface area contributed by atoms with Crippen LogP contribution in [0.15, 0.2) is 87.1 Å². The fraction of sp³-hybridized carbons (Fsp3) is 0.138. The second-order valence-corrected chi connectivity index (χ2v) is 11.1.